The van der Waals surface area contributed by atoms with Crippen LogP contribution in [0.25, 0.3) is 0 Å². The van der Waals surface area contributed by atoms with Gasteiger partial charge in [0.15, 0.2) is 11.4 Å². The molecule has 0 bridgehead atoms. The zero-order chi connectivity index (χ0) is 14.7. The first-order valence-electron chi connectivity index (χ1n) is 5.82. The van der Waals surface area contributed by atoms with E-state index < -0.39 is 23.7 Å². The number of imidazole rings is 1. The Kier molecular flexibility index (Phi) is 3.79. The lowest BCUT2D eigenvalue weighted by Crippen LogP contribution is -2.29. The summed E-state index contributed by atoms with van der Waals surface area (Å²) in [5, 5.41) is 11.4. The quantitative estimate of drug-likeness (QED) is 0.793. The van der Waals surface area contributed by atoms with Crippen molar-refractivity contribution in [3.05, 3.63) is 53.4 Å². The molecule has 1 heterocycles. The number of nitrogens with one attached hydrogen (secondary N) is 2. The van der Waals surface area contributed by atoms with E-state index in [1.165, 1.54) is 6.07 Å². The first kappa shape index (κ1) is 13.7. The molecule has 1 aromatic heterocycles. The maximum Gasteiger partial charge on any atom is 0.354 e. The standard InChI is InChI=1S/C13H12FN3O3/c1-7(8-4-2-3-5-9(8)14)17-12(18)10-11(13(19)20)16-6-15-10/h2-7H,1H3,(H,15,16)(H,17,18)(H,19,20). The van der Waals surface area contributed by atoms with Crippen molar-refractivity contribution in [1.82, 2.24) is 15.3 Å². The summed E-state index contributed by atoms with van der Waals surface area (Å²) in [5.41, 5.74) is -0.225. The molecule has 0 radical (unpaired) electrons. The predicted molar refractivity (Wildman–Crippen MR) is 67.8 cm³/mol. The molecule has 1 amide bonds. The summed E-state index contributed by atoms with van der Waals surface area (Å²) in [6.45, 7) is 1.60. The molecule has 1 unspecified atom stereocenters. The van der Waals surface area contributed by atoms with Gasteiger partial charge in [0.1, 0.15) is 5.82 Å². The van der Waals surface area contributed by atoms with Gasteiger partial charge < -0.3 is 15.4 Å². The van der Waals surface area contributed by atoms with E-state index in [-0.39, 0.29) is 11.4 Å². The lowest BCUT2D eigenvalue weighted by atomic mass is 10.1. The number of carboxylic acid groups (broad SMARTS) is 1. The third kappa shape index (κ3) is 2.66. The van der Waals surface area contributed by atoms with Crippen LogP contribution in [0.1, 0.15) is 39.5 Å². The van der Waals surface area contributed by atoms with Crippen LogP contribution in [-0.2, 0) is 0 Å². The van der Waals surface area contributed by atoms with Gasteiger partial charge in [-0.05, 0) is 13.0 Å². The molecular weight excluding hydrogens is 265 g/mol. The highest BCUT2D eigenvalue weighted by Gasteiger charge is 2.22. The number of H-pyrrole nitrogens is 1. The van der Waals surface area contributed by atoms with Crippen LogP contribution < -0.4 is 5.32 Å². The van der Waals surface area contributed by atoms with Gasteiger partial charge in [-0.15, -0.1) is 0 Å². The summed E-state index contributed by atoms with van der Waals surface area (Å²) in [6, 6.07) is 5.42. The Morgan fingerprint density at radius 3 is 2.75 bits per heavy atom. The van der Waals surface area contributed by atoms with Gasteiger partial charge in [0.2, 0.25) is 0 Å². The van der Waals surface area contributed by atoms with Gasteiger partial charge in [0.25, 0.3) is 5.91 Å². The monoisotopic (exact) mass is 277 g/mol. The Balaban J connectivity index is 2.18. The average Bonchev–Trinajstić information content (AvgIpc) is 2.88. The molecule has 0 aliphatic heterocycles. The van der Waals surface area contributed by atoms with Crippen molar-refractivity contribution in [2.75, 3.05) is 0 Å². The SMILES string of the molecule is CC(NC(=O)c1nc[nH]c1C(=O)O)c1ccccc1F. The van der Waals surface area contributed by atoms with E-state index in [1.54, 1.807) is 25.1 Å². The number of amides is 1. The molecule has 6 nitrogen and oxygen atoms in total. The maximum atomic E-state index is 13.6. The highest BCUT2D eigenvalue weighted by atomic mass is 19.1. The van der Waals surface area contributed by atoms with Crippen LogP contribution in [0.15, 0.2) is 30.6 Å². The van der Waals surface area contributed by atoms with Crippen molar-refractivity contribution in [3.8, 4) is 0 Å². The largest absolute Gasteiger partial charge is 0.477 e. The second-order valence-electron chi connectivity index (χ2n) is 4.15. The molecule has 1 atom stereocenters. The number of nitrogens with zero attached hydrogens (tertiary/aromatic N) is 1. The molecule has 0 saturated heterocycles. The van der Waals surface area contributed by atoms with E-state index in [4.69, 9.17) is 5.11 Å². The minimum Gasteiger partial charge on any atom is -0.477 e. The second-order valence-corrected chi connectivity index (χ2v) is 4.15. The Morgan fingerprint density at radius 2 is 2.10 bits per heavy atom. The van der Waals surface area contributed by atoms with E-state index in [9.17, 15) is 14.0 Å². The molecule has 0 saturated carbocycles. The summed E-state index contributed by atoms with van der Waals surface area (Å²) in [5.74, 6) is -2.41. The van der Waals surface area contributed by atoms with Crippen LogP contribution in [0.3, 0.4) is 0 Å². The molecule has 7 heteroatoms. The number of carbonyl (C=O) groups excluding carboxylic acids is 1. The number of aromatic amines is 1. The van der Waals surface area contributed by atoms with Crippen LogP contribution in [0.5, 0.6) is 0 Å². The Labute approximate surface area is 113 Å². The maximum absolute atomic E-state index is 13.6. The zero-order valence-electron chi connectivity index (χ0n) is 10.6. The third-order valence-electron chi connectivity index (χ3n) is 2.79. The number of hydrogen-bond acceptors (Lipinski definition) is 3. The van der Waals surface area contributed by atoms with Crippen molar-refractivity contribution >= 4 is 11.9 Å². The Morgan fingerprint density at radius 1 is 1.40 bits per heavy atom. The van der Waals surface area contributed by atoms with Gasteiger partial charge in [-0.3, -0.25) is 4.79 Å². The van der Waals surface area contributed by atoms with Gasteiger partial charge in [0.05, 0.1) is 12.4 Å². The first-order valence-corrected chi connectivity index (χ1v) is 5.82. The highest BCUT2D eigenvalue weighted by molar-refractivity contribution is 6.02. The summed E-state index contributed by atoms with van der Waals surface area (Å²) in [4.78, 5) is 28.9. The number of halogens is 1. The normalized spacial score (nSPS) is 11.9. The van der Waals surface area contributed by atoms with Gasteiger partial charge in [-0.25, -0.2) is 14.2 Å². The Bertz CT molecular complexity index is 654. The minimum atomic E-state index is -1.29. The van der Waals surface area contributed by atoms with Crippen LogP contribution in [0.2, 0.25) is 0 Å². The fourth-order valence-electron chi connectivity index (χ4n) is 1.80. The number of carbonyl (C=O) groups is 2. The van der Waals surface area contributed by atoms with Crippen molar-refractivity contribution in [2.45, 2.75) is 13.0 Å². The van der Waals surface area contributed by atoms with Crippen molar-refractivity contribution in [2.24, 2.45) is 0 Å². The zero-order valence-corrected chi connectivity index (χ0v) is 10.6. The molecule has 2 aromatic rings. The number of aromatic nitrogens is 2. The van der Waals surface area contributed by atoms with Gasteiger partial charge >= 0.3 is 5.97 Å². The summed E-state index contributed by atoms with van der Waals surface area (Å²) >= 11 is 0. The van der Waals surface area contributed by atoms with E-state index in [0.29, 0.717) is 5.56 Å². The lowest BCUT2D eigenvalue weighted by molar-refractivity contribution is 0.0684. The summed E-state index contributed by atoms with van der Waals surface area (Å²) in [7, 11) is 0. The first-order chi connectivity index (χ1) is 9.50. The summed E-state index contributed by atoms with van der Waals surface area (Å²) in [6.07, 6.45) is 1.12. The fourth-order valence-corrected chi connectivity index (χ4v) is 1.80. The Hall–Kier alpha value is -2.70. The van der Waals surface area contributed by atoms with Crippen LogP contribution in [0, 0.1) is 5.82 Å². The molecule has 0 aliphatic rings. The second kappa shape index (κ2) is 5.52. The summed E-state index contributed by atoms with van der Waals surface area (Å²) < 4.78 is 13.6. The number of benzene rings is 1. The molecule has 0 spiro atoms. The molecule has 20 heavy (non-hydrogen) atoms. The average molecular weight is 277 g/mol. The van der Waals surface area contributed by atoms with E-state index >= 15 is 0 Å². The molecule has 104 valence electrons. The fraction of sp³-hybridized carbons (Fsp3) is 0.154. The van der Waals surface area contributed by atoms with Crippen molar-refractivity contribution in [3.63, 3.8) is 0 Å². The molecule has 2 rings (SSSR count). The number of carboxylic acids is 1. The number of rotatable bonds is 4. The number of hydrogen-bond donors (Lipinski definition) is 3. The third-order valence-corrected chi connectivity index (χ3v) is 2.79. The van der Waals surface area contributed by atoms with Crippen LogP contribution in [0.4, 0.5) is 4.39 Å². The van der Waals surface area contributed by atoms with Crippen LogP contribution >= 0.6 is 0 Å². The van der Waals surface area contributed by atoms with E-state index in [1.807, 2.05) is 0 Å². The molecule has 1 aromatic carbocycles. The van der Waals surface area contributed by atoms with Crippen molar-refractivity contribution in [1.29, 1.82) is 0 Å². The molecule has 0 fully saturated rings. The van der Waals surface area contributed by atoms with Gasteiger partial charge in [-0.1, -0.05) is 18.2 Å². The number of aromatic carboxylic acids is 1. The van der Waals surface area contributed by atoms with Gasteiger partial charge in [0, 0.05) is 5.56 Å². The van der Waals surface area contributed by atoms with E-state index in [0.717, 1.165) is 6.33 Å². The van der Waals surface area contributed by atoms with E-state index in [2.05, 4.69) is 15.3 Å². The molecule has 3 N–H and O–H groups in total. The smallest absolute Gasteiger partial charge is 0.354 e. The molecular formula is C13H12FN3O3. The molecule has 0 aliphatic carbocycles. The highest BCUT2D eigenvalue weighted by Crippen LogP contribution is 2.16. The van der Waals surface area contributed by atoms with Crippen molar-refractivity contribution < 1.29 is 19.1 Å². The van der Waals surface area contributed by atoms with Crippen LogP contribution in [-0.4, -0.2) is 27.0 Å². The van der Waals surface area contributed by atoms with Gasteiger partial charge in [-0.2, -0.15) is 0 Å². The predicted octanol–water partition coefficient (Wildman–Crippen LogP) is 1.74. The minimum absolute atomic E-state index is 0.235. The lowest BCUT2D eigenvalue weighted by Gasteiger charge is -2.14. The topological polar surface area (TPSA) is 95.1 Å².